The minimum Gasteiger partial charge on any atom is -0.482 e. The maximum absolute atomic E-state index is 9.01. The fourth-order valence-electron chi connectivity index (χ4n) is 1.95. The number of benzene rings is 2. The lowest BCUT2D eigenvalue weighted by molar-refractivity contribution is 0.264. The molecule has 0 saturated carbocycles. The molecule has 0 amide bonds. The van der Waals surface area contributed by atoms with Gasteiger partial charge in [-0.05, 0) is 31.2 Å². The normalized spacial score (nSPS) is 10.2. The van der Waals surface area contributed by atoms with Gasteiger partial charge in [-0.15, -0.1) is 10.2 Å². The number of hydrogen-bond acceptors (Lipinski definition) is 5. The molecule has 0 saturated heterocycles. The molecule has 0 aliphatic carbocycles. The molecule has 2 aromatic carbocycles. The van der Waals surface area contributed by atoms with Gasteiger partial charge in [-0.3, -0.25) is 0 Å². The summed E-state index contributed by atoms with van der Waals surface area (Å²) in [7, 11) is 0. The number of rotatable bonds is 4. The molecule has 5 heteroatoms. The molecule has 22 heavy (non-hydrogen) atoms. The van der Waals surface area contributed by atoms with Crippen molar-refractivity contribution in [1.82, 2.24) is 10.2 Å². The van der Waals surface area contributed by atoms with Crippen molar-refractivity contribution in [3.8, 4) is 23.3 Å². The van der Waals surface area contributed by atoms with Crippen LogP contribution in [0.25, 0.3) is 11.5 Å². The van der Waals surface area contributed by atoms with Gasteiger partial charge in [0.1, 0.15) is 11.8 Å². The average molecular weight is 291 g/mol. The minimum atomic E-state index is 0.123. The van der Waals surface area contributed by atoms with Gasteiger partial charge in [-0.2, -0.15) is 5.26 Å². The summed E-state index contributed by atoms with van der Waals surface area (Å²) in [6.07, 6.45) is 0. The van der Waals surface area contributed by atoms with Gasteiger partial charge in [0, 0.05) is 5.56 Å². The zero-order valence-corrected chi connectivity index (χ0v) is 12.0. The number of para-hydroxylation sites is 1. The number of aromatic nitrogens is 2. The van der Waals surface area contributed by atoms with Gasteiger partial charge in [0.25, 0.3) is 5.89 Å². The molecule has 0 fully saturated rings. The van der Waals surface area contributed by atoms with Crippen LogP contribution in [0.4, 0.5) is 0 Å². The zero-order valence-electron chi connectivity index (χ0n) is 12.0. The van der Waals surface area contributed by atoms with Crippen molar-refractivity contribution < 1.29 is 9.15 Å². The molecular formula is C17H13N3O2. The van der Waals surface area contributed by atoms with E-state index in [-0.39, 0.29) is 6.61 Å². The van der Waals surface area contributed by atoms with Crippen molar-refractivity contribution in [2.75, 3.05) is 0 Å². The Hall–Kier alpha value is -3.13. The van der Waals surface area contributed by atoms with Crippen molar-refractivity contribution in [1.29, 1.82) is 5.26 Å². The second kappa shape index (κ2) is 6.10. The van der Waals surface area contributed by atoms with Crippen LogP contribution in [0.3, 0.4) is 0 Å². The van der Waals surface area contributed by atoms with Gasteiger partial charge in [-0.25, -0.2) is 0 Å². The number of ether oxygens (including phenoxy) is 1. The first-order valence-electron chi connectivity index (χ1n) is 6.77. The summed E-state index contributed by atoms with van der Waals surface area (Å²) in [6.45, 7) is 2.14. The molecule has 3 aromatic rings. The SMILES string of the molecule is Cc1ccc(-c2nnc(COc3ccccc3C#N)o2)cc1. The fourth-order valence-corrected chi connectivity index (χ4v) is 1.95. The third-order valence-corrected chi connectivity index (χ3v) is 3.12. The predicted molar refractivity (Wildman–Crippen MR) is 80.0 cm³/mol. The molecule has 1 aromatic heterocycles. The van der Waals surface area contributed by atoms with Crippen LogP contribution < -0.4 is 4.74 Å². The molecule has 0 radical (unpaired) electrons. The predicted octanol–water partition coefficient (Wildman–Crippen LogP) is 3.50. The topological polar surface area (TPSA) is 71.9 Å². The second-order valence-electron chi connectivity index (χ2n) is 4.76. The van der Waals surface area contributed by atoms with Gasteiger partial charge in [0.15, 0.2) is 6.61 Å². The Balaban J connectivity index is 1.72. The maximum Gasteiger partial charge on any atom is 0.254 e. The standard InChI is InChI=1S/C17H13N3O2/c1-12-6-8-13(9-7-12)17-20-19-16(22-17)11-21-15-5-3-2-4-14(15)10-18/h2-9H,11H2,1H3. The van der Waals surface area contributed by atoms with E-state index in [1.807, 2.05) is 37.3 Å². The number of aryl methyl sites for hydroxylation is 1. The molecule has 1 heterocycles. The zero-order chi connectivity index (χ0) is 15.4. The Morgan fingerprint density at radius 1 is 1.09 bits per heavy atom. The van der Waals surface area contributed by atoms with Crippen molar-refractivity contribution in [2.24, 2.45) is 0 Å². The lowest BCUT2D eigenvalue weighted by Gasteiger charge is -2.04. The summed E-state index contributed by atoms with van der Waals surface area (Å²) in [5, 5.41) is 17.0. The van der Waals surface area contributed by atoms with E-state index < -0.39 is 0 Å². The van der Waals surface area contributed by atoms with Crippen molar-refractivity contribution in [3.05, 3.63) is 65.5 Å². The molecule has 108 valence electrons. The van der Waals surface area contributed by atoms with Crippen LogP contribution in [-0.4, -0.2) is 10.2 Å². The van der Waals surface area contributed by atoms with Gasteiger partial charge >= 0.3 is 0 Å². The third kappa shape index (κ3) is 2.96. The van der Waals surface area contributed by atoms with Crippen LogP contribution in [0.15, 0.2) is 52.9 Å². The van der Waals surface area contributed by atoms with Crippen LogP contribution in [0.1, 0.15) is 17.0 Å². The summed E-state index contributed by atoms with van der Waals surface area (Å²) >= 11 is 0. The van der Waals surface area contributed by atoms with E-state index in [9.17, 15) is 0 Å². The van der Waals surface area contributed by atoms with Crippen LogP contribution in [0.2, 0.25) is 0 Å². The minimum absolute atomic E-state index is 0.123. The Morgan fingerprint density at radius 2 is 1.86 bits per heavy atom. The van der Waals surface area contributed by atoms with E-state index in [1.165, 1.54) is 5.56 Å². The van der Waals surface area contributed by atoms with E-state index in [4.69, 9.17) is 14.4 Å². The van der Waals surface area contributed by atoms with E-state index in [0.29, 0.717) is 23.1 Å². The van der Waals surface area contributed by atoms with Crippen LogP contribution >= 0.6 is 0 Å². The van der Waals surface area contributed by atoms with E-state index >= 15 is 0 Å². The molecule has 0 spiro atoms. The third-order valence-electron chi connectivity index (χ3n) is 3.12. The van der Waals surface area contributed by atoms with E-state index in [1.54, 1.807) is 18.2 Å². The Morgan fingerprint density at radius 3 is 2.64 bits per heavy atom. The maximum atomic E-state index is 9.01. The first kappa shape index (κ1) is 13.8. The van der Waals surface area contributed by atoms with Crippen LogP contribution in [0, 0.1) is 18.3 Å². The molecule has 3 rings (SSSR count). The van der Waals surface area contributed by atoms with Gasteiger partial charge in [0.05, 0.1) is 5.56 Å². The van der Waals surface area contributed by atoms with Gasteiger partial charge in [-0.1, -0.05) is 29.8 Å². The molecule has 0 N–H and O–H groups in total. The quantitative estimate of drug-likeness (QED) is 0.735. The number of hydrogen-bond donors (Lipinski definition) is 0. The highest BCUT2D eigenvalue weighted by molar-refractivity contribution is 5.52. The molecule has 0 unspecified atom stereocenters. The van der Waals surface area contributed by atoms with Crippen molar-refractivity contribution in [3.63, 3.8) is 0 Å². The summed E-state index contributed by atoms with van der Waals surface area (Å²) in [5.74, 6) is 1.32. The molecule has 0 aliphatic heterocycles. The lowest BCUT2D eigenvalue weighted by atomic mass is 10.1. The fraction of sp³-hybridized carbons (Fsp3) is 0.118. The monoisotopic (exact) mass is 291 g/mol. The van der Waals surface area contributed by atoms with Crippen molar-refractivity contribution in [2.45, 2.75) is 13.5 Å². The second-order valence-corrected chi connectivity index (χ2v) is 4.76. The van der Waals surface area contributed by atoms with Crippen molar-refractivity contribution >= 4 is 0 Å². The van der Waals surface area contributed by atoms with E-state index in [2.05, 4.69) is 16.3 Å². The molecule has 0 bridgehead atoms. The highest BCUT2D eigenvalue weighted by Gasteiger charge is 2.10. The first-order chi connectivity index (χ1) is 10.8. The summed E-state index contributed by atoms with van der Waals surface area (Å²) < 4.78 is 11.1. The number of nitrogens with zero attached hydrogens (tertiary/aromatic N) is 3. The largest absolute Gasteiger partial charge is 0.482 e. The Kier molecular flexibility index (Phi) is 3.84. The molecule has 5 nitrogen and oxygen atoms in total. The summed E-state index contributed by atoms with van der Waals surface area (Å²) in [4.78, 5) is 0. The highest BCUT2D eigenvalue weighted by atomic mass is 16.5. The lowest BCUT2D eigenvalue weighted by Crippen LogP contribution is -1.97. The van der Waals surface area contributed by atoms with Crippen LogP contribution in [0.5, 0.6) is 5.75 Å². The molecule has 0 aliphatic rings. The Bertz CT molecular complexity index is 816. The highest BCUT2D eigenvalue weighted by Crippen LogP contribution is 2.21. The first-order valence-corrected chi connectivity index (χ1v) is 6.77. The average Bonchev–Trinajstić information content (AvgIpc) is 3.03. The smallest absolute Gasteiger partial charge is 0.254 e. The molecule has 0 atom stereocenters. The van der Waals surface area contributed by atoms with Gasteiger partial charge < -0.3 is 9.15 Å². The molecular weight excluding hydrogens is 278 g/mol. The summed E-state index contributed by atoms with van der Waals surface area (Å²) in [6, 6.07) is 16.9. The summed E-state index contributed by atoms with van der Waals surface area (Å²) in [5.41, 5.74) is 2.50. The van der Waals surface area contributed by atoms with Crippen LogP contribution in [-0.2, 0) is 6.61 Å². The Labute approximate surface area is 127 Å². The van der Waals surface area contributed by atoms with E-state index in [0.717, 1.165) is 5.56 Å². The van der Waals surface area contributed by atoms with Gasteiger partial charge in [0.2, 0.25) is 5.89 Å². The number of nitriles is 1.